The minimum atomic E-state index is -0.637. The Bertz CT molecular complexity index is 356. The minimum Gasteiger partial charge on any atom is -0.494 e. The van der Waals surface area contributed by atoms with E-state index in [4.69, 9.17) is 19.8 Å². The largest absolute Gasteiger partial charge is 0.494 e. The van der Waals surface area contributed by atoms with Crippen LogP contribution in [0.5, 0.6) is 5.75 Å². The van der Waals surface area contributed by atoms with Gasteiger partial charge in [-0.15, -0.1) is 0 Å². The fourth-order valence-corrected chi connectivity index (χ4v) is 1.34. The SMILES string of the molecule is CCCOc1ccc(C(C#N)OCCO)cc1. The topological polar surface area (TPSA) is 62.5 Å². The van der Waals surface area contributed by atoms with Gasteiger partial charge in [0.2, 0.25) is 0 Å². The zero-order valence-electron chi connectivity index (χ0n) is 9.93. The van der Waals surface area contributed by atoms with Gasteiger partial charge in [-0.3, -0.25) is 0 Å². The Hall–Kier alpha value is -1.57. The Kier molecular flexibility index (Phi) is 6.08. The van der Waals surface area contributed by atoms with Crippen molar-refractivity contribution < 1.29 is 14.6 Å². The Labute approximate surface area is 101 Å². The van der Waals surface area contributed by atoms with Gasteiger partial charge in [0.1, 0.15) is 5.75 Å². The number of nitrogens with zero attached hydrogens (tertiary/aromatic N) is 1. The molecular formula is C13H17NO3. The van der Waals surface area contributed by atoms with Gasteiger partial charge in [-0.2, -0.15) is 5.26 Å². The van der Waals surface area contributed by atoms with Gasteiger partial charge in [-0.25, -0.2) is 0 Å². The van der Waals surface area contributed by atoms with Crippen molar-refractivity contribution in [2.24, 2.45) is 0 Å². The molecule has 1 aromatic rings. The summed E-state index contributed by atoms with van der Waals surface area (Å²) in [6.07, 6.45) is 0.324. The standard InChI is InChI=1S/C13H17NO3/c1-2-8-16-12-5-3-11(4-6-12)13(10-14)17-9-7-15/h3-6,13,15H,2,7-9H2,1H3. The summed E-state index contributed by atoms with van der Waals surface area (Å²) in [5, 5.41) is 17.6. The molecule has 1 unspecified atom stereocenters. The molecule has 0 spiro atoms. The van der Waals surface area contributed by atoms with Crippen molar-refractivity contribution in [2.45, 2.75) is 19.4 Å². The summed E-state index contributed by atoms with van der Waals surface area (Å²) in [6.45, 7) is 2.80. The first-order valence-corrected chi connectivity index (χ1v) is 5.66. The number of hydrogen-bond acceptors (Lipinski definition) is 4. The number of rotatable bonds is 7. The van der Waals surface area contributed by atoms with Gasteiger partial charge >= 0.3 is 0 Å². The van der Waals surface area contributed by atoms with Gasteiger partial charge in [0.25, 0.3) is 0 Å². The van der Waals surface area contributed by atoms with Crippen LogP contribution in [0.3, 0.4) is 0 Å². The molecule has 0 aliphatic rings. The van der Waals surface area contributed by atoms with E-state index in [-0.39, 0.29) is 13.2 Å². The van der Waals surface area contributed by atoms with E-state index in [2.05, 4.69) is 0 Å². The molecule has 1 aromatic carbocycles. The third-order valence-electron chi connectivity index (χ3n) is 2.15. The lowest BCUT2D eigenvalue weighted by Gasteiger charge is -2.11. The molecule has 92 valence electrons. The second-order valence-corrected chi connectivity index (χ2v) is 3.52. The van der Waals surface area contributed by atoms with Gasteiger partial charge in [0.05, 0.1) is 25.9 Å². The number of aliphatic hydroxyl groups is 1. The predicted octanol–water partition coefficient (Wildman–Crippen LogP) is 2.05. The first-order chi connectivity index (χ1) is 8.31. The van der Waals surface area contributed by atoms with E-state index in [9.17, 15) is 0 Å². The molecule has 0 aliphatic carbocycles. The molecule has 0 fully saturated rings. The molecule has 4 nitrogen and oxygen atoms in total. The van der Waals surface area contributed by atoms with Crippen LogP contribution in [0.4, 0.5) is 0 Å². The molecule has 0 radical (unpaired) electrons. The third-order valence-corrected chi connectivity index (χ3v) is 2.15. The normalized spacial score (nSPS) is 11.8. The zero-order chi connectivity index (χ0) is 12.5. The molecule has 0 aliphatic heterocycles. The number of benzene rings is 1. The van der Waals surface area contributed by atoms with Crippen LogP contribution in [-0.4, -0.2) is 24.9 Å². The summed E-state index contributed by atoms with van der Waals surface area (Å²) in [6, 6.07) is 9.28. The molecule has 1 rings (SSSR count). The third kappa shape index (κ3) is 4.43. The van der Waals surface area contributed by atoms with Crippen LogP contribution < -0.4 is 4.74 Å². The second kappa shape index (κ2) is 7.66. The highest BCUT2D eigenvalue weighted by molar-refractivity contribution is 5.30. The fourth-order valence-electron chi connectivity index (χ4n) is 1.34. The molecular weight excluding hydrogens is 218 g/mol. The highest BCUT2D eigenvalue weighted by Crippen LogP contribution is 2.20. The van der Waals surface area contributed by atoms with Gasteiger partial charge in [-0.1, -0.05) is 19.1 Å². The Morgan fingerprint density at radius 1 is 1.29 bits per heavy atom. The average molecular weight is 235 g/mol. The highest BCUT2D eigenvalue weighted by Gasteiger charge is 2.10. The number of aliphatic hydroxyl groups excluding tert-OH is 1. The number of nitriles is 1. The second-order valence-electron chi connectivity index (χ2n) is 3.52. The van der Waals surface area contributed by atoms with Crippen molar-refractivity contribution in [1.29, 1.82) is 5.26 Å². The van der Waals surface area contributed by atoms with Crippen LogP contribution in [-0.2, 0) is 4.74 Å². The van der Waals surface area contributed by atoms with Crippen molar-refractivity contribution in [3.05, 3.63) is 29.8 Å². The van der Waals surface area contributed by atoms with Crippen LogP contribution in [0.1, 0.15) is 25.0 Å². The van der Waals surface area contributed by atoms with Crippen LogP contribution >= 0.6 is 0 Å². The van der Waals surface area contributed by atoms with Crippen molar-refractivity contribution in [2.75, 3.05) is 19.8 Å². The molecule has 4 heteroatoms. The van der Waals surface area contributed by atoms with Gasteiger partial charge in [0.15, 0.2) is 6.10 Å². The van der Waals surface area contributed by atoms with E-state index in [0.717, 1.165) is 17.7 Å². The van der Waals surface area contributed by atoms with E-state index in [1.54, 1.807) is 12.1 Å². The van der Waals surface area contributed by atoms with Gasteiger partial charge in [0, 0.05) is 0 Å². The Morgan fingerprint density at radius 3 is 2.53 bits per heavy atom. The van der Waals surface area contributed by atoms with Gasteiger partial charge < -0.3 is 14.6 Å². The first kappa shape index (κ1) is 13.5. The van der Waals surface area contributed by atoms with Gasteiger partial charge in [-0.05, 0) is 24.1 Å². The summed E-state index contributed by atoms with van der Waals surface area (Å²) in [5.41, 5.74) is 0.768. The Morgan fingerprint density at radius 2 is 2.00 bits per heavy atom. The van der Waals surface area contributed by atoms with E-state index < -0.39 is 6.10 Å². The van der Waals surface area contributed by atoms with Crippen LogP contribution in [0.15, 0.2) is 24.3 Å². The molecule has 1 N–H and O–H groups in total. The molecule has 0 aromatic heterocycles. The smallest absolute Gasteiger partial charge is 0.169 e. The van der Waals surface area contributed by atoms with Crippen molar-refractivity contribution in [3.63, 3.8) is 0 Å². The lowest BCUT2D eigenvalue weighted by molar-refractivity contribution is 0.0581. The van der Waals surface area contributed by atoms with Crippen molar-refractivity contribution in [1.82, 2.24) is 0 Å². The lowest BCUT2D eigenvalue weighted by atomic mass is 10.1. The zero-order valence-corrected chi connectivity index (χ0v) is 9.93. The van der Waals surface area contributed by atoms with Crippen LogP contribution in [0.2, 0.25) is 0 Å². The summed E-state index contributed by atoms with van der Waals surface area (Å²) >= 11 is 0. The minimum absolute atomic E-state index is 0.0874. The fraction of sp³-hybridized carbons (Fsp3) is 0.462. The summed E-state index contributed by atoms with van der Waals surface area (Å²) in [5.74, 6) is 0.787. The maximum Gasteiger partial charge on any atom is 0.169 e. The molecule has 0 saturated carbocycles. The summed E-state index contributed by atoms with van der Waals surface area (Å²) < 4.78 is 10.6. The molecule has 0 bridgehead atoms. The number of ether oxygens (including phenoxy) is 2. The Balaban J connectivity index is 2.61. The maximum atomic E-state index is 8.93. The predicted molar refractivity (Wildman–Crippen MR) is 63.6 cm³/mol. The van der Waals surface area contributed by atoms with Crippen LogP contribution in [0.25, 0.3) is 0 Å². The van der Waals surface area contributed by atoms with E-state index in [0.29, 0.717) is 6.61 Å². The maximum absolute atomic E-state index is 8.93. The molecule has 1 atom stereocenters. The summed E-state index contributed by atoms with van der Waals surface area (Å²) in [7, 11) is 0. The van der Waals surface area contributed by atoms with Crippen molar-refractivity contribution >= 4 is 0 Å². The molecule has 0 amide bonds. The van der Waals surface area contributed by atoms with Crippen LogP contribution in [0, 0.1) is 11.3 Å². The summed E-state index contributed by atoms with van der Waals surface area (Å²) in [4.78, 5) is 0. The molecule has 0 heterocycles. The molecule has 17 heavy (non-hydrogen) atoms. The van der Waals surface area contributed by atoms with E-state index in [1.807, 2.05) is 25.1 Å². The number of hydrogen-bond donors (Lipinski definition) is 1. The molecule has 0 saturated heterocycles. The van der Waals surface area contributed by atoms with E-state index >= 15 is 0 Å². The first-order valence-electron chi connectivity index (χ1n) is 5.66. The quantitative estimate of drug-likeness (QED) is 0.785. The monoisotopic (exact) mass is 235 g/mol. The lowest BCUT2D eigenvalue weighted by Crippen LogP contribution is -2.06. The highest BCUT2D eigenvalue weighted by atomic mass is 16.5. The van der Waals surface area contributed by atoms with E-state index in [1.165, 1.54) is 0 Å². The van der Waals surface area contributed by atoms with Crippen molar-refractivity contribution in [3.8, 4) is 11.8 Å². The average Bonchev–Trinajstić information content (AvgIpc) is 2.38.